The predicted octanol–water partition coefficient (Wildman–Crippen LogP) is 2.81. The van der Waals surface area contributed by atoms with Gasteiger partial charge < -0.3 is 15.1 Å². The predicted molar refractivity (Wildman–Crippen MR) is 94.9 cm³/mol. The number of urea groups is 1. The average Bonchev–Trinajstić information content (AvgIpc) is 2.68. The fourth-order valence-corrected chi connectivity index (χ4v) is 3.61. The van der Waals surface area contributed by atoms with E-state index in [1.807, 2.05) is 4.90 Å². The number of rotatable bonds is 2. The summed E-state index contributed by atoms with van der Waals surface area (Å²) in [5, 5.41) is 11.7. The van der Waals surface area contributed by atoms with E-state index in [0.29, 0.717) is 37.4 Å². The average molecular weight is 340 g/mol. The lowest BCUT2D eigenvalue weighted by molar-refractivity contribution is -0.138. The Balaban J connectivity index is 1.50. The van der Waals surface area contributed by atoms with Crippen molar-refractivity contribution in [2.24, 2.45) is 5.92 Å². The van der Waals surface area contributed by atoms with Gasteiger partial charge in [-0.3, -0.25) is 4.79 Å². The van der Waals surface area contributed by atoms with Crippen LogP contribution in [0.2, 0.25) is 0 Å². The summed E-state index contributed by atoms with van der Waals surface area (Å²) in [6.07, 6.45) is 5.56. The Morgan fingerprint density at radius 3 is 2.40 bits per heavy atom. The summed E-state index contributed by atoms with van der Waals surface area (Å²) in [6.45, 7) is 2.28. The molecule has 132 valence electrons. The van der Waals surface area contributed by atoms with Crippen LogP contribution in [-0.4, -0.2) is 47.9 Å². The van der Waals surface area contributed by atoms with E-state index in [2.05, 4.69) is 11.4 Å². The Kier molecular flexibility index (Phi) is 5.54. The molecule has 1 heterocycles. The van der Waals surface area contributed by atoms with E-state index in [1.165, 1.54) is 6.42 Å². The minimum absolute atomic E-state index is 0.181. The van der Waals surface area contributed by atoms with Crippen LogP contribution in [-0.2, 0) is 4.79 Å². The number of hydrogen-bond acceptors (Lipinski definition) is 3. The van der Waals surface area contributed by atoms with Gasteiger partial charge >= 0.3 is 6.03 Å². The number of nitriles is 1. The van der Waals surface area contributed by atoms with Crippen molar-refractivity contribution in [2.45, 2.75) is 32.1 Å². The van der Waals surface area contributed by atoms with Crippen LogP contribution in [0.5, 0.6) is 0 Å². The van der Waals surface area contributed by atoms with Crippen LogP contribution in [0.4, 0.5) is 10.5 Å². The van der Waals surface area contributed by atoms with Crippen molar-refractivity contribution in [1.82, 2.24) is 9.80 Å². The van der Waals surface area contributed by atoms with Gasteiger partial charge in [0.05, 0.1) is 11.6 Å². The zero-order chi connectivity index (χ0) is 17.6. The lowest BCUT2D eigenvalue weighted by Crippen LogP contribution is -2.53. The van der Waals surface area contributed by atoms with Crippen LogP contribution >= 0.6 is 0 Å². The molecule has 6 heteroatoms. The van der Waals surface area contributed by atoms with Gasteiger partial charge in [-0.05, 0) is 31.0 Å². The molecular weight excluding hydrogens is 316 g/mol. The van der Waals surface area contributed by atoms with Crippen LogP contribution in [0.25, 0.3) is 0 Å². The van der Waals surface area contributed by atoms with Crippen molar-refractivity contribution in [3.63, 3.8) is 0 Å². The van der Waals surface area contributed by atoms with E-state index >= 15 is 0 Å². The fourth-order valence-electron chi connectivity index (χ4n) is 3.61. The zero-order valence-electron chi connectivity index (χ0n) is 14.4. The van der Waals surface area contributed by atoms with Crippen LogP contribution in [0.15, 0.2) is 24.3 Å². The molecule has 0 unspecified atom stereocenters. The third-order valence-electron chi connectivity index (χ3n) is 5.08. The highest BCUT2D eigenvalue weighted by Crippen LogP contribution is 2.25. The Bertz CT molecular complexity index is 668. The highest BCUT2D eigenvalue weighted by Gasteiger charge is 2.29. The Hall–Kier alpha value is -2.55. The highest BCUT2D eigenvalue weighted by molar-refractivity contribution is 5.89. The molecule has 0 bridgehead atoms. The maximum atomic E-state index is 12.6. The molecule has 0 atom stereocenters. The summed E-state index contributed by atoms with van der Waals surface area (Å²) in [4.78, 5) is 28.6. The molecule has 1 aromatic rings. The van der Waals surface area contributed by atoms with E-state index < -0.39 is 0 Å². The molecular formula is C19H24N4O2. The van der Waals surface area contributed by atoms with E-state index in [4.69, 9.17) is 5.26 Å². The van der Waals surface area contributed by atoms with E-state index in [-0.39, 0.29) is 17.9 Å². The van der Waals surface area contributed by atoms with Gasteiger partial charge in [0.1, 0.15) is 0 Å². The molecule has 1 aliphatic carbocycles. The summed E-state index contributed by atoms with van der Waals surface area (Å²) < 4.78 is 0. The molecule has 0 spiro atoms. The van der Waals surface area contributed by atoms with Gasteiger partial charge in [-0.1, -0.05) is 25.3 Å². The van der Waals surface area contributed by atoms with Crippen molar-refractivity contribution in [3.05, 3.63) is 29.8 Å². The molecule has 1 N–H and O–H groups in total. The van der Waals surface area contributed by atoms with E-state index in [9.17, 15) is 9.59 Å². The molecule has 25 heavy (non-hydrogen) atoms. The van der Waals surface area contributed by atoms with Crippen LogP contribution in [0, 0.1) is 17.2 Å². The molecule has 6 nitrogen and oxygen atoms in total. The normalized spacial score (nSPS) is 18.5. The lowest BCUT2D eigenvalue weighted by atomic mass is 9.88. The zero-order valence-corrected chi connectivity index (χ0v) is 14.4. The topological polar surface area (TPSA) is 76.4 Å². The van der Waals surface area contributed by atoms with Crippen LogP contribution < -0.4 is 5.32 Å². The second-order valence-electron chi connectivity index (χ2n) is 6.77. The minimum Gasteiger partial charge on any atom is -0.339 e. The molecule has 1 aromatic carbocycles. The summed E-state index contributed by atoms with van der Waals surface area (Å²) in [6, 6.07) is 8.74. The molecule has 3 amide bonds. The molecule has 0 aromatic heterocycles. The molecule has 0 radical (unpaired) electrons. The first kappa shape index (κ1) is 17.3. The summed E-state index contributed by atoms with van der Waals surface area (Å²) >= 11 is 0. The molecule has 1 aliphatic heterocycles. The van der Waals surface area contributed by atoms with E-state index in [1.54, 1.807) is 29.2 Å². The number of nitrogens with one attached hydrogen (secondary N) is 1. The minimum atomic E-state index is -0.181. The summed E-state index contributed by atoms with van der Waals surface area (Å²) in [5.74, 6) is 0.448. The van der Waals surface area contributed by atoms with Gasteiger partial charge in [0, 0.05) is 37.8 Å². The number of nitrogens with zero attached hydrogens (tertiary/aromatic N) is 3. The maximum absolute atomic E-state index is 12.6. The number of amides is 3. The van der Waals surface area contributed by atoms with Crippen molar-refractivity contribution < 1.29 is 9.59 Å². The second-order valence-corrected chi connectivity index (χ2v) is 6.77. The molecule has 1 saturated heterocycles. The van der Waals surface area contributed by atoms with Gasteiger partial charge in [-0.2, -0.15) is 5.26 Å². The largest absolute Gasteiger partial charge is 0.339 e. The van der Waals surface area contributed by atoms with Gasteiger partial charge in [0.25, 0.3) is 0 Å². The number of carbonyl (C=O) groups excluding carboxylic acids is 2. The maximum Gasteiger partial charge on any atom is 0.321 e. The van der Waals surface area contributed by atoms with Crippen LogP contribution in [0.3, 0.4) is 0 Å². The third kappa shape index (κ3) is 4.30. The number of benzene rings is 1. The number of hydrogen-bond donors (Lipinski definition) is 1. The van der Waals surface area contributed by atoms with Crippen molar-refractivity contribution in [1.29, 1.82) is 5.26 Å². The smallest absolute Gasteiger partial charge is 0.321 e. The molecule has 2 aliphatic rings. The monoisotopic (exact) mass is 340 g/mol. The molecule has 3 rings (SSSR count). The van der Waals surface area contributed by atoms with Crippen molar-refractivity contribution in [3.8, 4) is 6.07 Å². The first-order chi connectivity index (χ1) is 12.2. The van der Waals surface area contributed by atoms with Gasteiger partial charge in [-0.25, -0.2) is 4.79 Å². The first-order valence-corrected chi connectivity index (χ1v) is 9.02. The third-order valence-corrected chi connectivity index (χ3v) is 5.08. The van der Waals surface area contributed by atoms with Crippen molar-refractivity contribution >= 4 is 17.6 Å². The summed E-state index contributed by atoms with van der Waals surface area (Å²) in [5.41, 5.74) is 1.13. The van der Waals surface area contributed by atoms with Gasteiger partial charge in [0.15, 0.2) is 0 Å². The Morgan fingerprint density at radius 2 is 1.72 bits per heavy atom. The standard InChI is InChI=1S/C19H24N4O2/c20-14-15-5-4-8-17(13-15)21-19(25)23-11-9-22(10-12-23)18(24)16-6-2-1-3-7-16/h4-5,8,13,16H,1-3,6-7,9-12H2,(H,21,25). The number of carbonyl (C=O) groups is 2. The fraction of sp³-hybridized carbons (Fsp3) is 0.526. The summed E-state index contributed by atoms with van der Waals surface area (Å²) in [7, 11) is 0. The number of anilines is 1. The first-order valence-electron chi connectivity index (χ1n) is 9.02. The Morgan fingerprint density at radius 1 is 1.04 bits per heavy atom. The molecule has 2 fully saturated rings. The lowest BCUT2D eigenvalue weighted by Gasteiger charge is -2.37. The van der Waals surface area contributed by atoms with Crippen LogP contribution in [0.1, 0.15) is 37.7 Å². The Labute approximate surface area is 148 Å². The molecule has 1 saturated carbocycles. The van der Waals surface area contributed by atoms with E-state index in [0.717, 1.165) is 25.7 Å². The quantitative estimate of drug-likeness (QED) is 0.899. The van der Waals surface area contributed by atoms with Gasteiger partial charge in [0.2, 0.25) is 5.91 Å². The highest BCUT2D eigenvalue weighted by atomic mass is 16.2. The SMILES string of the molecule is N#Cc1cccc(NC(=O)N2CCN(C(=O)C3CCCCC3)CC2)c1. The number of piperazine rings is 1. The second kappa shape index (κ2) is 8.02. The van der Waals surface area contributed by atoms with Crippen molar-refractivity contribution in [2.75, 3.05) is 31.5 Å². The van der Waals surface area contributed by atoms with Gasteiger partial charge in [-0.15, -0.1) is 0 Å².